The molecule has 6 nitrogen and oxygen atoms in total. The van der Waals surface area contributed by atoms with Gasteiger partial charge in [0.15, 0.2) is 0 Å². The van der Waals surface area contributed by atoms with Gasteiger partial charge < -0.3 is 9.84 Å². The van der Waals surface area contributed by atoms with Crippen molar-refractivity contribution in [3.63, 3.8) is 0 Å². The zero-order valence-electron chi connectivity index (χ0n) is 11.0. The predicted molar refractivity (Wildman–Crippen MR) is 70.0 cm³/mol. The molecule has 0 radical (unpaired) electrons. The molecule has 3 rings (SSSR count). The van der Waals surface area contributed by atoms with Crippen LogP contribution in [0.15, 0.2) is 23.1 Å². The lowest BCUT2D eigenvalue weighted by Gasteiger charge is -2.20. The van der Waals surface area contributed by atoms with E-state index in [1.807, 2.05) is 0 Å². The molecular formula is C13H14FNO5S. The summed E-state index contributed by atoms with van der Waals surface area (Å²) in [7, 11) is -4.12. The highest BCUT2D eigenvalue weighted by atomic mass is 32.2. The number of hydrogen-bond acceptors (Lipinski definition) is 4. The number of nitrogens with one attached hydrogen (secondary N) is 1. The molecule has 3 atom stereocenters. The van der Waals surface area contributed by atoms with E-state index in [1.54, 1.807) is 0 Å². The zero-order valence-corrected chi connectivity index (χ0v) is 11.8. The molecule has 0 aliphatic carbocycles. The molecule has 3 unspecified atom stereocenters. The SMILES string of the molecule is O=C(O)c1ccc(F)c(S(=O)(=O)NC2CC3CCC2O3)c1. The molecule has 0 saturated carbocycles. The van der Waals surface area contributed by atoms with Gasteiger partial charge in [-0.1, -0.05) is 0 Å². The van der Waals surface area contributed by atoms with Gasteiger partial charge in [0.2, 0.25) is 10.0 Å². The first-order valence-electron chi connectivity index (χ1n) is 6.57. The Balaban J connectivity index is 1.88. The molecule has 1 aromatic rings. The third-order valence-electron chi connectivity index (χ3n) is 3.88. The second-order valence-electron chi connectivity index (χ2n) is 5.29. The maximum atomic E-state index is 13.7. The van der Waals surface area contributed by atoms with Crippen LogP contribution in [0.4, 0.5) is 4.39 Å². The van der Waals surface area contributed by atoms with Gasteiger partial charge in [0.05, 0.1) is 23.8 Å². The van der Waals surface area contributed by atoms with Gasteiger partial charge >= 0.3 is 5.97 Å². The molecule has 1 aromatic carbocycles. The van der Waals surface area contributed by atoms with Crippen LogP contribution in [0.3, 0.4) is 0 Å². The van der Waals surface area contributed by atoms with Gasteiger partial charge in [0.25, 0.3) is 0 Å². The summed E-state index contributed by atoms with van der Waals surface area (Å²) in [6.07, 6.45) is 2.11. The highest BCUT2D eigenvalue weighted by molar-refractivity contribution is 7.89. The van der Waals surface area contributed by atoms with Crippen LogP contribution < -0.4 is 4.72 Å². The second-order valence-corrected chi connectivity index (χ2v) is 6.97. The molecule has 0 aromatic heterocycles. The van der Waals surface area contributed by atoms with Crippen LogP contribution in [0.1, 0.15) is 29.6 Å². The maximum absolute atomic E-state index is 13.7. The topological polar surface area (TPSA) is 92.7 Å². The Morgan fingerprint density at radius 3 is 2.71 bits per heavy atom. The largest absolute Gasteiger partial charge is 0.478 e. The minimum Gasteiger partial charge on any atom is -0.478 e. The van der Waals surface area contributed by atoms with Crippen LogP contribution in [-0.4, -0.2) is 37.7 Å². The molecule has 2 fully saturated rings. The Morgan fingerprint density at radius 2 is 2.14 bits per heavy atom. The number of carboxylic acid groups (broad SMARTS) is 1. The van der Waals surface area contributed by atoms with E-state index in [2.05, 4.69) is 4.72 Å². The van der Waals surface area contributed by atoms with Crippen molar-refractivity contribution in [2.24, 2.45) is 0 Å². The Bertz CT molecular complexity index is 690. The van der Waals surface area contributed by atoms with Crippen molar-refractivity contribution in [3.05, 3.63) is 29.6 Å². The van der Waals surface area contributed by atoms with Crippen molar-refractivity contribution >= 4 is 16.0 Å². The van der Waals surface area contributed by atoms with Gasteiger partial charge in [0, 0.05) is 0 Å². The fourth-order valence-corrected chi connectivity index (χ4v) is 4.25. The van der Waals surface area contributed by atoms with Gasteiger partial charge in [-0.15, -0.1) is 0 Å². The fraction of sp³-hybridized carbons (Fsp3) is 0.462. The lowest BCUT2D eigenvalue weighted by Crippen LogP contribution is -2.41. The minimum atomic E-state index is -4.12. The quantitative estimate of drug-likeness (QED) is 0.868. The first kappa shape index (κ1) is 14.4. The molecule has 0 spiro atoms. The van der Waals surface area contributed by atoms with E-state index >= 15 is 0 Å². The van der Waals surface area contributed by atoms with Crippen LogP contribution in [-0.2, 0) is 14.8 Å². The summed E-state index contributed by atoms with van der Waals surface area (Å²) in [6, 6.07) is 2.31. The van der Waals surface area contributed by atoms with Crippen molar-refractivity contribution in [2.45, 2.75) is 42.4 Å². The third kappa shape index (κ3) is 2.66. The number of hydrogen-bond donors (Lipinski definition) is 2. The van der Waals surface area contributed by atoms with Gasteiger partial charge in [0.1, 0.15) is 10.7 Å². The number of carbonyl (C=O) groups is 1. The zero-order chi connectivity index (χ0) is 15.2. The van der Waals surface area contributed by atoms with E-state index in [9.17, 15) is 17.6 Å². The number of fused-ring (bicyclic) bond motifs is 2. The highest BCUT2D eigenvalue weighted by Gasteiger charge is 2.42. The summed E-state index contributed by atoms with van der Waals surface area (Å²) >= 11 is 0. The van der Waals surface area contributed by atoms with Crippen LogP contribution in [0, 0.1) is 5.82 Å². The van der Waals surface area contributed by atoms with E-state index in [1.165, 1.54) is 0 Å². The number of ether oxygens (including phenoxy) is 1. The Morgan fingerprint density at radius 1 is 1.38 bits per heavy atom. The number of rotatable bonds is 4. The summed E-state index contributed by atoms with van der Waals surface area (Å²) < 4.78 is 46.2. The van der Waals surface area contributed by atoms with E-state index in [0.717, 1.165) is 31.0 Å². The van der Waals surface area contributed by atoms with Crippen LogP contribution >= 0.6 is 0 Å². The number of sulfonamides is 1. The molecule has 8 heteroatoms. The Labute approximate surface area is 121 Å². The average Bonchev–Trinajstić information content (AvgIpc) is 3.00. The molecule has 2 aliphatic heterocycles. The van der Waals surface area contributed by atoms with E-state index < -0.39 is 26.7 Å². The maximum Gasteiger partial charge on any atom is 0.335 e. The molecule has 2 N–H and O–H groups in total. The van der Waals surface area contributed by atoms with Crippen molar-refractivity contribution in [1.29, 1.82) is 0 Å². The lowest BCUT2D eigenvalue weighted by atomic mass is 9.96. The number of carboxylic acids is 1. The van der Waals surface area contributed by atoms with Gasteiger partial charge in [-0.2, -0.15) is 0 Å². The van der Waals surface area contributed by atoms with E-state index in [4.69, 9.17) is 9.84 Å². The van der Waals surface area contributed by atoms with Crippen LogP contribution in [0.5, 0.6) is 0 Å². The number of benzene rings is 1. The lowest BCUT2D eigenvalue weighted by molar-refractivity contribution is 0.0696. The Hall–Kier alpha value is -1.51. The van der Waals surface area contributed by atoms with Gasteiger partial charge in [-0.3, -0.25) is 0 Å². The molecule has 2 aliphatic rings. The molecule has 2 bridgehead atoms. The summed E-state index contributed by atoms with van der Waals surface area (Å²) in [5.74, 6) is -2.29. The van der Waals surface area contributed by atoms with E-state index in [0.29, 0.717) is 6.42 Å². The predicted octanol–water partition coefficient (Wildman–Crippen LogP) is 1.12. The standard InChI is InChI=1S/C13H14FNO5S/c14-9-3-1-7(13(16)17)5-12(9)21(18,19)15-10-6-8-2-4-11(10)20-8/h1,3,5,8,10-11,15H,2,4,6H2,(H,16,17). The summed E-state index contributed by atoms with van der Waals surface area (Å²) in [5.41, 5.74) is -0.277. The minimum absolute atomic E-state index is 0.0536. The van der Waals surface area contributed by atoms with Crippen LogP contribution in [0.25, 0.3) is 0 Å². The van der Waals surface area contributed by atoms with Crippen molar-refractivity contribution in [3.8, 4) is 0 Å². The third-order valence-corrected chi connectivity index (χ3v) is 5.39. The first-order chi connectivity index (χ1) is 9.87. The average molecular weight is 315 g/mol. The highest BCUT2D eigenvalue weighted by Crippen LogP contribution is 2.35. The summed E-state index contributed by atoms with van der Waals surface area (Å²) in [5, 5.41) is 8.88. The fourth-order valence-electron chi connectivity index (χ4n) is 2.87. The Kier molecular flexibility index (Phi) is 3.46. The summed E-state index contributed by atoms with van der Waals surface area (Å²) in [4.78, 5) is 10.2. The van der Waals surface area contributed by atoms with Crippen molar-refractivity contribution in [2.75, 3.05) is 0 Å². The molecule has 0 amide bonds. The van der Waals surface area contributed by atoms with Gasteiger partial charge in [-0.25, -0.2) is 22.3 Å². The molecular weight excluding hydrogens is 301 g/mol. The van der Waals surface area contributed by atoms with Crippen molar-refractivity contribution in [1.82, 2.24) is 4.72 Å². The van der Waals surface area contributed by atoms with Crippen molar-refractivity contribution < 1.29 is 27.4 Å². The molecule has 114 valence electrons. The van der Waals surface area contributed by atoms with E-state index in [-0.39, 0.29) is 23.8 Å². The molecule has 2 saturated heterocycles. The monoisotopic (exact) mass is 315 g/mol. The second kappa shape index (κ2) is 5.04. The molecule has 21 heavy (non-hydrogen) atoms. The summed E-state index contributed by atoms with van der Waals surface area (Å²) in [6.45, 7) is 0. The molecule has 2 heterocycles. The smallest absolute Gasteiger partial charge is 0.335 e. The van der Waals surface area contributed by atoms with Crippen LogP contribution in [0.2, 0.25) is 0 Å². The number of halogens is 1. The first-order valence-corrected chi connectivity index (χ1v) is 8.06. The number of aromatic carboxylic acids is 1. The normalized spacial score (nSPS) is 28.0. The van der Waals surface area contributed by atoms with Gasteiger partial charge in [-0.05, 0) is 37.5 Å².